The Morgan fingerprint density at radius 2 is 1.76 bits per heavy atom. The van der Waals surface area contributed by atoms with Crippen LogP contribution in [0.3, 0.4) is 0 Å². The average molecular weight is 304 g/mol. The molecule has 0 aromatic heterocycles. The fourth-order valence-corrected chi connectivity index (χ4v) is 2.27. The van der Waals surface area contributed by atoms with Gasteiger partial charge < -0.3 is 10.4 Å². The second kappa shape index (κ2) is 7.81. The number of nitrogens with one attached hydrogen (secondary N) is 1. The Labute approximate surface area is 129 Å². The lowest BCUT2D eigenvalue weighted by molar-refractivity contribution is 0.0932. The van der Waals surface area contributed by atoms with Gasteiger partial charge in [0.1, 0.15) is 0 Å². The zero-order valence-corrected chi connectivity index (χ0v) is 12.4. The highest BCUT2D eigenvalue weighted by Crippen LogP contribution is 2.19. The minimum Gasteiger partial charge on any atom is -0.396 e. The summed E-state index contributed by atoms with van der Waals surface area (Å²) in [6.07, 6.45) is 1.33. The fraction of sp³-hybridized carbons (Fsp3) is 0.235. The summed E-state index contributed by atoms with van der Waals surface area (Å²) in [6.45, 7) is 0.111. The topological polar surface area (TPSA) is 49.3 Å². The molecule has 0 spiro atoms. The Balaban J connectivity index is 2.11. The van der Waals surface area contributed by atoms with Gasteiger partial charge in [-0.25, -0.2) is 0 Å². The maximum Gasteiger partial charge on any atom is 0.251 e. The van der Waals surface area contributed by atoms with Gasteiger partial charge in [0.15, 0.2) is 0 Å². The highest BCUT2D eigenvalue weighted by atomic mass is 35.5. The SMILES string of the molecule is O=C(NC(CCCO)c1ccccc1)c1ccc(Cl)cc1. The first-order chi connectivity index (χ1) is 10.2. The van der Waals surface area contributed by atoms with Gasteiger partial charge in [0, 0.05) is 17.2 Å². The van der Waals surface area contributed by atoms with Gasteiger partial charge >= 0.3 is 0 Å². The molecule has 4 heteroatoms. The molecular weight excluding hydrogens is 286 g/mol. The van der Waals surface area contributed by atoms with Crippen LogP contribution in [0.1, 0.15) is 34.8 Å². The van der Waals surface area contributed by atoms with Crippen molar-refractivity contribution in [3.8, 4) is 0 Å². The van der Waals surface area contributed by atoms with Crippen LogP contribution in [0.25, 0.3) is 0 Å². The molecular formula is C17H18ClNO2. The van der Waals surface area contributed by atoms with Gasteiger partial charge in [0.05, 0.1) is 6.04 Å². The molecule has 0 aliphatic carbocycles. The van der Waals surface area contributed by atoms with E-state index in [1.54, 1.807) is 24.3 Å². The fourth-order valence-electron chi connectivity index (χ4n) is 2.15. The summed E-state index contributed by atoms with van der Waals surface area (Å²) in [5.41, 5.74) is 1.61. The zero-order valence-electron chi connectivity index (χ0n) is 11.6. The van der Waals surface area contributed by atoms with Gasteiger partial charge in [-0.1, -0.05) is 41.9 Å². The number of hydrogen-bond acceptors (Lipinski definition) is 2. The Hall–Kier alpha value is -1.84. The number of rotatable bonds is 6. The summed E-state index contributed by atoms with van der Waals surface area (Å²) >= 11 is 5.83. The molecule has 0 bridgehead atoms. The largest absolute Gasteiger partial charge is 0.396 e. The van der Waals surface area contributed by atoms with Crippen molar-refractivity contribution in [3.05, 3.63) is 70.7 Å². The summed E-state index contributed by atoms with van der Waals surface area (Å²) in [5.74, 6) is -0.140. The van der Waals surface area contributed by atoms with Crippen molar-refractivity contribution in [3.63, 3.8) is 0 Å². The molecule has 0 heterocycles. The first kappa shape index (κ1) is 15.5. The molecule has 0 fully saturated rings. The van der Waals surface area contributed by atoms with Crippen LogP contribution >= 0.6 is 11.6 Å². The van der Waals surface area contributed by atoms with E-state index in [0.29, 0.717) is 23.4 Å². The average Bonchev–Trinajstić information content (AvgIpc) is 2.52. The molecule has 1 unspecified atom stereocenters. The second-order valence-electron chi connectivity index (χ2n) is 4.81. The summed E-state index contributed by atoms with van der Waals surface area (Å²) in [4.78, 5) is 12.3. The number of hydrogen-bond donors (Lipinski definition) is 2. The Morgan fingerprint density at radius 3 is 2.38 bits per heavy atom. The predicted octanol–water partition coefficient (Wildman–Crippen LogP) is 3.58. The van der Waals surface area contributed by atoms with Crippen LogP contribution in [0.15, 0.2) is 54.6 Å². The highest BCUT2D eigenvalue weighted by molar-refractivity contribution is 6.30. The first-order valence-electron chi connectivity index (χ1n) is 6.93. The normalized spacial score (nSPS) is 11.9. The molecule has 1 amide bonds. The summed E-state index contributed by atoms with van der Waals surface area (Å²) in [7, 11) is 0. The number of carbonyl (C=O) groups is 1. The smallest absolute Gasteiger partial charge is 0.251 e. The van der Waals surface area contributed by atoms with Crippen LogP contribution in [-0.2, 0) is 0 Å². The lowest BCUT2D eigenvalue weighted by Gasteiger charge is -2.19. The van der Waals surface area contributed by atoms with Crippen molar-refractivity contribution in [1.82, 2.24) is 5.32 Å². The van der Waals surface area contributed by atoms with E-state index in [1.165, 1.54) is 0 Å². The molecule has 2 aromatic carbocycles. The Morgan fingerprint density at radius 1 is 1.10 bits per heavy atom. The second-order valence-corrected chi connectivity index (χ2v) is 5.25. The number of aliphatic hydroxyl groups is 1. The lowest BCUT2D eigenvalue weighted by Crippen LogP contribution is -2.28. The standard InChI is InChI=1S/C17H18ClNO2/c18-15-10-8-14(9-11-15)17(21)19-16(7-4-12-20)13-5-2-1-3-6-13/h1-3,5-6,8-11,16,20H,4,7,12H2,(H,19,21). The molecule has 3 nitrogen and oxygen atoms in total. The van der Waals surface area contributed by atoms with Crippen LogP contribution in [0.2, 0.25) is 5.02 Å². The maximum atomic E-state index is 12.3. The number of carbonyl (C=O) groups excluding carboxylic acids is 1. The molecule has 0 aliphatic rings. The van der Waals surface area contributed by atoms with E-state index in [0.717, 1.165) is 5.56 Å². The Bertz CT molecular complexity index is 569. The van der Waals surface area contributed by atoms with E-state index >= 15 is 0 Å². The van der Waals surface area contributed by atoms with Crippen LogP contribution in [-0.4, -0.2) is 17.6 Å². The van der Waals surface area contributed by atoms with Gasteiger partial charge in [0.25, 0.3) is 5.91 Å². The van der Waals surface area contributed by atoms with Crippen molar-refractivity contribution in [1.29, 1.82) is 0 Å². The van der Waals surface area contributed by atoms with E-state index in [9.17, 15) is 4.79 Å². The van der Waals surface area contributed by atoms with E-state index < -0.39 is 0 Å². The van der Waals surface area contributed by atoms with Crippen LogP contribution in [0, 0.1) is 0 Å². The predicted molar refractivity (Wildman–Crippen MR) is 84.4 cm³/mol. The molecule has 0 radical (unpaired) electrons. The van der Waals surface area contributed by atoms with E-state index in [4.69, 9.17) is 16.7 Å². The van der Waals surface area contributed by atoms with Gasteiger partial charge in [0.2, 0.25) is 0 Å². The van der Waals surface area contributed by atoms with Crippen molar-refractivity contribution in [2.45, 2.75) is 18.9 Å². The van der Waals surface area contributed by atoms with Gasteiger partial charge in [-0.05, 0) is 42.7 Å². The summed E-state index contributed by atoms with van der Waals surface area (Å²) in [5, 5.41) is 12.6. The third-order valence-electron chi connectivity index (χ3n) is 3.26. The molecule has 1 atom stereocenters. The minimum absolute atomic E-state index is 0.110. The summed E-state index contributed by atoms with van der Waals surface area (Å²) < 4.78 is 0. The number of aliphatic hydroxyl groups excluding tert-OH is 1. The molecule has 2 aromatic rings. The van der Waals surface area contributed by atoms with Crippen molar-refractivity contribution < 1.29 is 9.90 Å². The highest BCUT2D eigenvalue weighted by Gasteiger charge is 2.15. The van der Waals surface area contributed by atoms with E-state index in [-0.39, 0.29) is 18.6 Å². The van der Waals surface area contributed by atoms with Crippen molar-refractivity contribution >= 4 is 17.5 Å². The minimum atomic E-state index is -0.140. The quantitative estimate of drug-likeness (QED) is 0.857. The van der Waals surface area contributed by atoms with Crippen molar-refractivity contribution in [2.24, 2.45) is 0 Å². The van der Waals surface area contributed by atoms with Gasteiger partial charge in [-0.3, -0.25) is 4.79 Å². The third-order valence-corrected chi connectivity index (χ3v) is 3.52. The molecule has 110 valence electrons. The van der Waals surface area contributed by atoms with Crippen LogP contribution in [0.4, 0.5) is 0 Å². The molecule has 21 heavy (non-hydrogen) atoms. The molecule has 0 saturated heterocycles. The molecule has 2 rings (SSSR count). The zero-order chi connectivity index (χ0) is 15.1. The van der Waals surface area contributed by atoms with Crippen molar-refractivity contribution in [2.75, 3.05) is 6.61 Å². The third kappa shape index (κ3) is 4.59. The lowest BCUT2D eigenvalue weighted by atomic mass is 10.0. The van der Waals surface area contributed by atoms with Gasteiger partial charge in [-0.15, -0.1) is 0 Å². The number of amides is 1. The van der Waals surface area contributed by atoms with Crippen LogP contribution in [0.5, 0.6) is 0 Å². The van der Waals surface area contributed by atoms with Gasteiger partial charge in [-0.2, -0.15) is 0 Å². The maximum absolute atomic E-state index is 12.3. The molecule has 2 N–H and O–H groups in total. The first-order valence-corrected chi connectivity index (χ1v) is 7.30. The number of halogens is 1. The Kier molecular flexibility index (Phi) is 5.78. The summed E-state index contributed by atoms with van der Waals surface area (Å²) in [6, 6.07) is 16.5. The van der Waals surface area contributed by atoms with E-state index in [1.807, 2.05) is 30.3 Å². The monoisotopic (exact) mass is 303 g/mol. The van der Waals surface area contributed by atoms with Crippen LogP contribution < -0.4 is 5.32 Å². The van der Waals surface area contributed by atoms with E-state index in [2.05, 4.69) is 5.32 Å². The number of benzene rings is 2. The molecule has 0 saturated carbocycles. The molecule has 0 aliphatic heterocycles.